The molecule has 152 valence electrons. The zero-order valence-electron chi connectivity index (χ0n) is 16.2. The number of nitrogens with one attached hydrogen (secondary N) is 1. The predicted octanol–water partition coefficient (Wildman–Crippen LogP) is 2.45. The van der Waals surface area contributed by atoms with Crippen molar-refractivity contribution < 1.29 is 14.0 Å². The molecule has 0 aliphatic carbocycles. The van der Waals surface area contributed by atoms with E-state index in [-0.39, 0.29) is 24.2 Å². The maximum Gasteiger partial charge on any atom is 0.268 e. The second-order valence-corrected chi connectivity index (χ2v) is 8.18. The van der Waals surface area contributed by atoms with Gasteiger partial charge in [-0.2, -0.15) is 0 Å². The first-order valence-electron chi connectivity index (χ1n) is 9.57. The van der Waals surface area contributed by atoms with Crippen LogP contribution in [0.15, 0.2) is 41.8 Å². The van der Waals surface area contributed by atoms with Crippen molar-refractivity contribution in [3.05, 3.63) is 58.9 Å². The molecule has 1 aliphatic heterocycles. The molecule has 4 rings (SSSR count). The molecule has 0 spiro atoms. The summed E-state index contributed by atoms with van der Waals surface area (Å²) in [4.78, 5) is 28.9. The highest BCUT2D eigenvalue weighted by atomic mass is 32.1. The van der Waals surface area contributed by atoms with Crippen molar-refractivity contribution in [2.24, 2.45) is 7.05 Å². The number of carbonyl (C=O) groups is 2. The first kappa shape index (κ1) is 19.6. The van der Waals surface area contributed by atoms with E-state index in [0.29, 0.717) is 25.3 Å². The highest BCUT2D eigenvalue weighted by Crippen LogP contribution is 2.24. The van der Waals surface area contributed by atoms with E-state index in [1.807, 2.05) is 35.2 Å². The second-order valence-electron chi connectivity index (χ2n) is 7.23. The van der Waals surface area contributed by atoms with E-state index in [0.717, 1.165) is 28.9 Å². The van der Waals surface area contributed by atoms with Gasteiger partial charge in [-0.3, -0.25) is 14.5 Å². The van der Waals surface area contributed by atoms with Gasteiger partial charge < -0.3 is 14.8 Å². The van der Waals surface area contributed by atoms with Crippen LogP contribution in [0.5, 0.6) is 0 Å². The lowest BCUT2D eigenvalue weighted by atomic mass is 10.2. The third-order valence-corrected chi connectivity index (χ3v) is 6.17. The van der Waals surface area contributed by atoms with Crippen molar-refractivity contribution in [2.45, 2.75) is 6.54 Å². The van der Waals surface area contributed by atoms with Crippen LogP contribution in [0, 0.1) is 5.82 Å². The van der Waals surface area contributed by atoms with Crippen molar-refractivity contribution in [1.29, 1.82) is 0 Å². The smallest absolute Gasteiger partial charge is 0.268 e. The van der Waals surface area contributed by atoms with Crippen LogP contribution in [0.25, 0.3) is 10.2 Å². The Morgan fingerprint density at radius 3 is 2.66 bits per heavy atom. The largest absolute Gasteiger partial charge is 0.342 e. The van der Waals surface area contributed by atoms with Gasteiger partial charge in [0.1, 0.15) is 11.5 Å². The number of thiophene rings is 1. The number of aryl methyl sites for hydroxylation is 1. The van der Waals surface area contributed by atoms with Crippen LogP contribution in [0.2, 0.25) is 0 Å². The van der Waals surface area contributed by atoms with Gasteiger partial charge in [-0.15, -0.1) is 11.3 Å². The summed E-state index contributed by atoms with van der Waals surface area (Å²) in [5.74, 6) is -0.557. The number of rotatable bonds is 5. The summed E-state index contributed by atoms with van der Waals surface area (Å²) in [6.45, 7) is 3.31. The van der Waals surface area contributed by atoms with Gasteiger partial charge in [-0.1, -0.05) is 12.1 Å². The summed E-state index contributed by atoms with van der Waals surface area (Å²) < 4.78 is 16.2. The number of fused-ring (bicyclic) bond motifs is 1. The van der Waals surface area contributed by atoms with Crippen molar-refractivity contribution in [3.63, 3.8) is 0 Å². The molecule has 0 unspecified atom stereocenters. The fourth-order valence-electron chi connectivity index (χ4n) is 3.68. The lowest BCUT2D eigenvalue weighted by molar-refractivity contribution is -0.131. The number of hydrogen-bond acceptors (Lipinski definition) is 4. The summed E-state index contributed by atoms with van der Waals surface area (Å²) in [6.07, 6.45) is 0. The minimum absolute atomic E-state index is 0.0123. The molecule has 1 fully saturated rings. The van der Waals surface area contributed by atoms with Crippen LogP contribution < -0.4 is 5.32 Å². The third-order valence-electron chi connectivity index (χ3n) is 5.32. The van der Waals surface area contributed by atoms with Gasteiger partial charge in [0.15, 0.2) is 0 Å². The Hall–Kier alpha value is -2.71. The molecule has 6 nitrogen and oxygen atoms in total. The van der Waals surface area contributed by atoms with E-state index >= 15 is 0 Å². The van der Waals surface area contributed by atoms with E-state index in [4.69, 9.17) is 0 Å². The maximum absolute atomic E-state index is 13.3. The van der Waals surface area contributed by atoms with Gasteiger partial charge in [-0.05, 0) is 35.2 Å². The fourth-order valence-corrected chi connectivity index (χ4v) is 4.52. The average Bonchev–Trinajstić information content (AvgIpc) is 3.29. The molecular formula is C21H23FN4O2S. The molecule has 29 heavy (non-hydrogen) atoms. The number of amides is 2. The molecule has 0 saturated carbocycles. The van der Waals surface area contributed by atoms with Crippen LogP contribution in [0.1, 0.15) is 16.1 Å². The zero-order chi connectivity index (χ0) is 20.4. The molecule has 1 N–H and O–H groups in total. The van der Waals surface area contributed by atoms with Gasteiger partial charge in [0.25, 0.3) is 5.91 Å². The molecule has 1 aromatic carbocycles. The highest BCUT2D eigenvalue weighted by molar-refractivity contribution is 7.17. The molecule has 3 heterocycles. The second kappa shape index (κ2) is 8.34. The number of aromatic nitrogens is 1. The van der Waals surface area contributed by atoms with Crippen LogP contribution >= 0.6 is 11.3 Å². The monoisotopic (exact) mass is 414 g/mol. The minimum atomic E-state index is -0.242. The Balaban J connectivity index is 1.26. The van der Waals surface area contributed by atoms with E-state index < -0.39 is 0 Å². The molecule has 1 saturated heterocycles. The quantitative estimate of drug-likeness (QED) is 0.698. The van der Waals surface area contributed by atoms with Crippen molar-refractivity contribution in [1.82, 2.24) is 19.7 Å². The Bertz CT molecular complexity index is 1040. The Morgan fingerprint density at radius 1 is 1.14 bits per heavy atom. The van der Waals surface area contributed by atoms with E-state index in [1.165, 1.54) is 6.07 Å². The summed E-state index contributed by atoms with van der Waals surface area (Å²) in [6, 6.07) is 10.4. The van der Waals surface area contributed by atoms with Crippen LogP contribution in [0.3, 0.4) is 0 Å². The third kappa shape index (κ3) is 4.33. The Kier molecular flexibility index (Phi) is 5.64. The van der Waals surface area contributed by atoms with Crippen LogP contribution in [0.4, 0.5) is 4.39 Å². The normalized spacial score (nSPS) is 15.0. The average molecular weight is 415 g/mol. The van der Waals surface area contributed by atoms with Crippen LogP contribution in [-0.2, 0) is 18.4 Å². The van der Waals surface area contributed by atoms with E-state index in [1.54, 1.807) is 28.4 Å². The summed E-state index contributed by atoms with van der Waals surface area (Å²) in [5, 5.41) is 4.73. The van der Waals surface area contributed by atoms with Crippen molar-refractivity contribution in [2.75, 3.05) is 32.7 Å². The lowest BCUT2D eigenvalue weighted by Gasteiger charge is -2.34. The Morgan fingerprint density at radius 2 is 1.93 bits per heavy atom. The SMILES string of the molecule is Cn1c(C(=O)NCC(=O)N2CCN(Cc3cccc(F)c3)CC2)cc2sccc21. The zero-order valence-corrected chi connectivity index (χ0v) is 17.0. The first-order chi connectivity index (χ1) is 14.0. The van der Waals surface area contributed by atoms with Gasteiger partial charge in [0.05, 0.1) is 16.8 Å². The standard InChI is InChI=1S/C21H23FN4O2S/c1-24-17-5-10-29-19(17)12-18(24)21(28)23-13-20(27)26-8-6-25(7-9-26)14-15-3-2-4-16(22)11-15/h2-5,10-12H,6-9,13-14H2,1H3,(H,23,28). The van der Waals surface area contributed by atoms with Crippen LogP contribution in [-0.4, -0.2) is 58.9 Å². The minimum Gasteiger partial charge on any atom is -0.342 e. The molecule has 0 radical (unpaired) electrons. The predicted molar refractivity (Wildman–Crippen MR) is 111 cm³/mol. The number of nitrogens with zero attached hydrogens (tertiary/aromatic N) is 3. The molecule has 0 atom stereocenters. The number of halogens is 1. The molecule has 2 amide bonds. The molecular weight excluding hydrogens is 391 g/mol. The summed E-state index contributed by atoms with van der Waals surface area (Å²) >= 11 is 1.59. The summed E-state index contributed by atoms with van der Waals surface area (Å²) in [5.41, 5.74) is 2.50. The highest BCUT2D eigenvalue weighted by Gasteiger charge is 2.22. The summed E-state index contributed by atoms with van der Waals surface area (Å²) in [7, 11) is 1.85. The van der Waals surface area contributed by atoms with Gasteiger partial charge in [-0.25, -0.2) is 4.39 Å². The van der Waals surface area contributed by atoms with Gasteiger partial charge >= 0.3 is 0 Å². The molecule has 8 heteroatoms. The maximum atomic E-state index is 13.3. The number of hydrogen-bond donors (Lipinski definition) is 1. The van der Waals surface area contributed by atoms with Gasteiger partial charge in [0, 0.05) is 39.8 Å². The number of piperazine rings is 1. The topological polar surface area (TPSA) is 57.6 Å². The molecule has 3 aromatic rings. The molecule has 0 bridgehead atoms. The number of benzene rings is 1. The van der Waals surface area contributed by atoms with E-state index in [2.05, 4.69) is 10.2 Å². The van der Waals surface area contributed by atoms with E-state index in [9.17, 15) is 14.0 Å². The van der Waals surface area contributed by atoms with Gasteiger partial charge in [0.2, 0.25) is 5.91 Å². The van der Waals surface area contributed by atoms with Crippen molar-refractivity contribution in [3.8, 4) is 0 Å². The van der Waals surface area contributed by atoms with Crippen molar-refractivity contribution >= 4 is 33.4 Å². The first-order valence-corrected chi connectivity index (χ1v) is 10.4. The lowest BCUT2D eigenvalue weighted by Crippen LogP contribution is -2.50. The molecule has 1 aliphatic rings. The Labute approximate surface area is 172 Å². The fraction of sp³-hybridized carbons (Fsp3) is 0.333. The molecule has 2 aromatic heterocycles. The number of carbonyl (C=O) groups excluding carboxylic acids is 2.